The molecule has 0 aliphatic heterocycles. The largest absolute Gasteiger partial charge is 0.497 e. The Morgan fingerprint density at radius 1 is 1.23 bits per heavy atom. The lowest BCUT2D eigenvalue weighted by molar-refractivity contribution is -0.129. The van der Waals surface area contributed by atoms with E-state index in [9.17, 15) is 4.79 Å². The Hall–Kier alpha value is -2.80. The minimum Gasteiger partial charge on any atom is -0.497 e. The summed E-state index contributed by atoms with van der Waals surface area (Å²) in [4.78, 5) is 18.4. The number of hydrogen-bond donors (Lipinski definition) is 0. The number of rotatable bonds is 8. The van der Waals surface area contributed by atoms with Crippen LogP contribution in [0.15, 0.2) is 52.5 Å². The van der Waals surface area contributed by atoms with Crippen LogP contribution in [0, 0.1) is 0 Å². The Morgan fingerprint density at radius 2 is 2.00 bits per heavy atom. The van der Waals surface area contributed by atoms with Gasteiger partial charge in [-0.15, -0.1) is 11.3 Å². The second-order valence-corrected chi connectivity index (χ2v) is 6.50. The zero-order valence-corrected chi connectivity index (χ0v) is 15.5. The summed E-state index contributed by atoms with van der Waals surface area (Å²) in [7, 11) is 3.38. The van der Waals surface area contributed by atoms with E-state index in [4.69, 9.17) is 13.9 Å². The van der Waals surface area contributed by atoms with Crippen molar-refractivity contribution in [3.05, 3.63) is 53.7 Å². The molecule has 0 N–H and O–H groups in total. The Labute approximate surface area is 156 Å². The second-order valence-electron chi connectivity index (χ2n) is 5.64. The molecule has 136 valence electrons. The van der Waals surface area contributed by atoms with Gasteiger partial charge in [0.25, 0.3) is 0 Å². The van der Waals surface area contributed by atoms with Gasteiger partial charge in [-0.3, -0.25) is 4.79 Å². The molecule has 7 heteroatoms. The van der Waals surface area contributed by atoms with Crippen molar-refractivity contribution in [1.29, 1.82) is 0 Å². The fourth-order valence-corrected chi connectivity index (χ4v) is 3.07. The van der Waals surface area contributed by atoms with Crippen LogP contribution in [0.5, 0.6) is 11.5 Å². The third-order valence-corrected chi connectivity index (χ3v) is 4.70. The summed E-state index contributed by atoms with van der Waals surface area (Å²) < 4.78 is 16.1. The molecule has 26 heavy (non-hydrogen) atoms. The molecule has 0 spiro atoms. The Balaban J connectivity index is 1.45. The minimum atomic E-state index is -0.000346. The van der Waals surface area contributed by atoms with Gasteiger partial charge in [0, 0.05) is 12.4 Å². The SMILES string of the molecule is COc1ccc(OCCN(C)C(=O)Cc2csc(-c3ccco3)n2)cc1. The highest BCUT2D eigenvalue weighted by atomic mass is 32.1. The monoisotopic (exact) mass is 372 g/mol. The molecule has 2 heterocycles. The molecule has 0 bridgehead atoms. The van der Waals surface area contributed by atoms with Gasteiger partial charge in [-0.2, -0.15) is 0 Å². The summed E-state index contributed by atoms with van der Waals surface area (Å²) >= 11 is 1.47. The standard InChI is InChI=1S/C19H20N2O4S/c1-21(9-11-24-16-7-5-15(23-2)6-8-16)18(22)12-14-13-26-19(20-14)17-4-3-10-25-17/h3-8,10,13H,9,11-12H2,1-2H3. The van der Waals surface area contributed by atoms with Crippen LogP contribution in [0.4, 0.5) is 0 Å². The van der Waals surface area contributed by atoms with Crippen LogP contribution in [0.2, 0.25) is 0 Å². The number of aromatic nitrogens is 1. The maximum atomic E-state index is 12.3. The van der Waals surface area contributed by atoms with Crippen molar-refractivity contribution in [2.45, 2.75) is 6.42 Å². The third kappa shape index (κ3) is 4.64. The van der Waals surface area contributed by atoms with E-state index in [1.165, 1.54) is 11.3 Å². The van der Waals surface area contributed by atoms with Gasteiger partial charge < -0.3 is 18.8 Å². The summed E-state index contributed by atoms with van der Waals surface area (Å²) in [5.41, 5.74) is 0.745. The first-order valence-electron chi connectivity index (χ1n) is 8.15. The Morgan fingerprint density at radius 3 is 2.69 bits per heavy atom. The van der Waals surface area contributed by atoms with Gasteiger partial charge in [0.2, 0.25) is 5.91 Å². The highest BCUT2D eigenvalue weighted by Gasteiger charge is 2.13. The average Bonchev–Trinajstić information content (AvgIpc) is 3.33. The van der Waals surface area contributed by atoms with E-state index in [1.807, 2.05) is 41.8 Å². The maximum Gasteiger partial charge on any atom is 0.228 e. The molecule has 0 saturated carbocycles. The van der Waals surface area contributed by atoms with Crippen molar-refractivity contribution in [1.82, 2.24) is 9.88 Å². The lowest BCUT2D eigenvalue weighted by Gasteiger charge is -2.17. The number of ether oxygens (including phenoxy) is 2. The average molecular weight is 372 g/mol. The van der Waals surface area contributed by atoms with E-state index in [1.54, 1.807) is 25.3 Å². The molecule has 1 aromatic carbocycles. The normalized spacial score (nSPS) is 10.5. The summed E-state index contributed by atoms with van der Waals surface area (Å²) in [6, 6.07) is 11.0. The van der Waals surface area contributed by atoms with Crippen LogP contribution in [0.1, 0.15) is 5.69 Å². The zero-order valence-electron chi connectivity index (χ0n) is 14.7. The molecule has 0 aliphatic carbocycles. The van der Waals surface area contributed by atoms with Crippen LogP contribution in [0.25, 0.3) is 10.8 Å². The van der Waals surface area contributed by atoms with Crippen LogP contribution in [0.3, 0.4) is 0 Å². The molecular formula is C19H20N2O4S. The lowest BCUT2D eigenvalue weighted by Crippen LogP contribution is -2.32. The van der Waals surface area contributed by atoms with Crippen molar-refractivity contribution in [3.8, 4) is 22.3 Å². The van der Waals surface area contributed by atoms with Crippen molar-refractivity contribution in [3.63, 3.8) is 0 Å². The van der Waals surface area contributed by atoms with Crippen LogP contribution in [-0.4, -0.2) is 43.1 Å². The summed E-state index contributed by atoms with van der Waals surface area (Å²) in [5, 5.41) is 2.67. The lowest BCUT2D eigenvalue weighted by atomic mass is 10.3. The van der Waals surface area contributed by atoms with Gasteiger partial charge in [0.05, 0.1) is 32.0 Å². The van der Waals surface area contributed by atoms with Gasteiger partial charge in [-0.25, -0.2) is 4.98 Å². The molecule has 0 radical (unpaired) electrons. The highest BCUT2D eigenvalue weighted by Crippen LogP contribution is 2.24. The van der Waals surface area contributed by atoms with E-state index in [0.29, 0.717) is 13.2 Å². The third-order valence-electron chi connectivity index (χ3n) is 3.80. The van der Waals surface area contributed by atoms with Gasteiger partial charge in [0.15, 0.2) is 10.8 Å². The molecule has 0 fully saturated rings. The van der Waals surface area contributed by atoms with E-state index in [-0.39, 0.29) is 12.3 Å². The van der Waals surface area contributed by atoms with Crippen LogP contribution in [-0.2, 0) is 11.2 Å². The molecule has 0 saturated heterocycles. The predicted octanol–water partition coefficient (Wildman–Crippen LogP) is 3.49. The molecule has 3 aromatic rings. The number of amides is 1. The molecule has 0 aliphatic rings. The Bertz CT molecular complexity index is 828. The topological polar surface area (TPSA) is 64.8 Å². The predicted molar refractivity (Wildman–Crippen MR) is 99.6 cm³/mol. The van der Waals surface area contributed by atoms with E-state index < -0.39 is 0 Å². The molecule has 0 atom stereocenters. The smallest absolute Gasteiger partial charge is 0.228 e. The first-order valence-corrected chi connectivity index (χ1v) is 9.03. The summed E-state index contributed by atoms with van der Waals surface area (Å²) in [6.45, 7) is 0.920. The molecule has 3 rings (SSSR count). The van der Waals surface area contributed by atoms with E-state index in [2.05, 4.69) is 4.98 Å². The molecular weight excluding hydrogens is 352 g/mol. The number of methoxy groups -OCH3 is 1. The quantitative estimate of drug-likeness (QED) is 0.606. The van der Waals surface area contributed by atoms with Gasteiger partial charge in [-0.1, -0.05) is 0 Å². The first kappa shape index (κ1) is 18.0. The number of thiazole rings is 1. The number of carbonyl (C=O) groups is 1. The number of likely N-dealkylation sites (N-methyl/N-ethyl adjacent to an activating group) is 1. The maximum absolute atomic E-state index is 12.3. The number of carbonyl (C=O) groups excluding carboxylic acids is 1. The number of benzene rings is 1. The highest BCUT2D eigenvalue weighted by molar-refractivity contribution is 7.13. The second kappa shape index (κ2) is 8.53. The number of nitrogens with zero attached hydrogens (tertiary/aromatic N) is 2. The fraction of sp³-hybridized carbons (Fsp3) is 0.263. The molecule has 1 amide bonds. The van der Waals surface area contributed by atoms with E-state index >= 15 is 0 Å². The van der Waals surface area contributed by atoms with E-state index in [0.717, 1.165) is 28.0 Å². The van der Waals surface area contributed by atoms with Crippen molar-refractivity contribution >= 4 is 17.2 Å². The first-order chi connectivity index (χ1) is 12.7. The number of furan rings is 1. The molecule has 6 nitrogen and oxygen atoms in total. The zero-order chi connectivity index (χ0) is 18.4. The van der Waals surface area contributed by atoms with Crippen molar-refractivity contribution in [2.75, 3.05) is 27.3 Å². The summed E-state index contributed by atoms with van der Waals surface area (Å²) in [5.74, 6) is 2.24. The summed E-state index contributed by atoms with van der Waals surface area (Å²) in [6.07, 6.45) is 1.87. The van der Waals surface area contributed by atoms with Gasteiger partial charge in [0.1, 0.15) is 18.1 Å². The molecule has 0 unspecified atom stereocenters. The fourth-order valence-electron chi connectivity index (χ4n) is 2.29. The van der Waals surface area contributed by atoms with Crippen LogP contribution >= 0.6 is 11.3 Å². The van der Waals surface area contributed by atoms with Crippen LogP contribution < -0.4 is 9.47 Å². The Kier molecular flexibility index (Phi) is 5.91. The van der Waals surface area contributed by atoms with Crippen molar-refractivity contribution < 1.29 is 18.7 Å². The molecule has 2 aromatic heterocycles. The van der Waals surface area contributed by atoms with Gasteiger partial charge >= 0.3 is 0 Å². The van der Waals surface area contributed by atoms with Gasteiger partial charge in [-0.05, 0) is 36.4 Å². The van der Waals surface area contributed by atoms with Crippen molar-refractivity contribution in [2.24, 2.45) is 0 Å². The minimum absolute atomic E-state index is 0.000346. The number of hydrogen-bond acceptors (Lipinski definition) is 6.